The maximum Gasteiger partial charge on any atom is 0.317 e. The molecule has 3 aliphatic heterocycles. The molecule has 3 fully saturated rings. The molecule has 4 amide bonds. The Bertz CT molecular complexity index is 5210. The number of carbonyl (C=O) groups excluding carboxylic acids is 3. The summed E-state index contributed by atoms with van der Waals surface area (Å²) in [4.78, 5) is 64.9. The number of nitrogens with zero attached hydrogens (tertiary/aromatic N) is 13. The van der Waals surface area contributed by atoms with Crippen molar-refractivity contribution < 1.29 is 45.3 Å². The van der Waals surface area contributed by atoms with Gasteiger partial charge >= 0.3 is 6.03 Å². The van der Waals surface area contributed by atoms with E-state index in [0.29, 0.717) is 81.3 Å². The van der Waals surface area contributed by atoms with Crippen molar-refractivity contribution in [2.45, 2.75) is 78.8 Å². The molecule has 11 aromatic rings. The minimum absolute atomic E-state index is 0. The number of amides is 4. The zero-order valence-electron chi connectivity index (χ0n) is 56.4. The number of carbonyl (C=O) groups is 3. The second-order valence-corrected chi connectivity index (χ2v) is 32.8. The molecule has 104 heavy (non-hydrogen) atoms. The molecular formula is C71H81Cl2N17O9S5. The summed E-state index contributed by atoms with van der Waals surface area (Å²) in [6.45, 7) is 10.3. The fraction of sp³-hybridized carbons (Fsp3) is 0.282. The minimum Gasteiger partial charge on any atom is -0.368 e. The smallest absolute Gasteiger partial charge is 0.317 e. The Labute approximate surface area is 626 Å². The molecule has 1 aliphatic carbocycles. The van der Waals surface area contributed by atoms with Gasteiger partial charge in [0.25, 0.3) is 30.1 Å². The summed E-state index contributed by atoms with van der Waals surface area (Å²) in [6.07, 6.45) is 11.3. The van der Waals surface area contributed by atoms with Crippen molar-refractivity contribution in [1.29, 1.82) is 0 Å². The number of halogens is 2. The van der Waals surface area contributed by atoms with E-state index in [1.807, 2.05) is 116 Å². The predicted octanol–water partition coefficient (Wildman–Crippen LogP) is 11.8. The molecule has 4 N–H and O–H groups in total. The van der Waals surface area contributed by atoms with Gasteiger partial charge in [0.05, 0.1) is 20.2 Å². The Morgan fingerprint density at radius 1 is 0.596 bits per heavy atom. The van der Waals surface area contributed by atoms with Gasteiger partial charge in [-0.15, -0.1) is 0 Å². The van der Waals surface area contributed by atoms with Crippen molar-refractivity contribution >= 4 is 143 Å². The van der Waals surface area contributed by atoms with Crippen LogP contribution < -0.4 is 29.3 Å². The number of rotatable bonds is 17. The molecule has 0 radical (unpaired) electrons. The highest BCUT2D eigenvalue weighted by molar-refractivity contribution is 7.93. The maximum atomic E-state index is 13.2. The average molecular weight is 1550 g/mol. The highest BCUT2D eigenvalue weighted by Gasteiger charge is 2.31. The summed E-state index contributed by atoms with van der Waals surface area (Å²) in [5, 5.41) is 6.96. The first-order valence-corrected chi connectivity index (χ1v) is 40.2. The van der Waals surface area contributed by atoms with Gasteiger partial charge in [0.15, 0.2) is 0 Å². The van der Waals surface area contributed by atoms with Crippen LogP contribution in [0.2, 0.25) is 10.0 Å². The summed E-state index contributed by atoms with van der Waals surface area (Å²) >= 11 is 14.4. The molecule has 5 aromatic heterocycles. The first kappa shape index (κ1) is 72.6. The number of aromatic nitrogens is 8. The fourth-order valence-corrected chi connectivity index (χ4v) is 18.1. The molecule has 15 rings (SSSR count). The van der Waals surface area contributed by atoms with E-state index >= 15 is 0 Å². The number of piperazine rings is 2. The van der Waals surface area contributed by atoms with Gasteiger partial charge in [-0.3, -0.25) is 23.8 Å². The van der Waals surface area contributed by atoms with Gasteiger partial charge in [0, 0.05) is 151 Å². The molecule has 548 valence electrons. The number of fused-ring (bicyclic) bond motifs is 3. The van der Waals surface area contributed by atoms with Gasteiger partial charge in [-0.05, 0) is 171 Å². The summed E-state index contributed by atoms with van der Waals surface area (Å²) in [5.74, 6) is 1.16. The molecule has 26 nitrogen and oxygen atoms in total. The van der Waals surface area contributed by atoms with Gasteiger partial charge in [-0.2, -0.15) is 8.75 Å². The Morgan fingerprint density at radius 2 is 1.20 bits per heavy atom. The van der Waals surface area contributed by atoms with Crippen LogP contribution in [-0.4, -0.2) is 167 Å². The quantitative estimate of drug-likeness (QED) is 0.0658. The molecule has 33 heteroatoms. The number of benzene rings is 6. The molecule has 0 saturated carbocycles. The van der Waals surface area contributed by atoms with Crippen LogP contribution in [0.4, 0.5) is 32.3 Å². The zero-order chi connectivity index (χ0) is 72.7. The first-order valence-electron chi connectivity index (χ1n) is 33.5. The second kappa shape index (κ2) is 31.7. The van der Waals surface area contributed by atoms with Crippen LogP contribution in [-0.2, 0) is 59.0 Å². The largest absolute Gasteiger partial charge is 0.368 e. The summed E-state index contributed by atoms with van der Waals surface area (Å²) in [6, 6.07) is 45.3. The van der Waals surface area contributed by atoms with E-state index in [-0.39, 0.29) is 78.9 Å². The highest BCUT2D eigenvalue weighted by atomic mass is 35.5. The van der Waals surface area contributed by atoms with E-state index in [1.165, 1.54) is 36.0 Å². The van der Waals surface area contributed by atoms with Gasteiger partial charge in [-0.25, -0.2) is 50.0 Å². The summed E-state index contributed by atoms with van der Waals surface area (Å²) in [7, 11) is -11.2. The monoisotopic (exact) mass is 1550 g/mol. The van der Waals surface area contributed by atoms with Crippen LogP contribution in [0, 0.1) is 6.92 Å². The van der Waals surface area contributed by atoms with E-state index in [4.69, 9.17) is 23.2 Å². The van der Waals surface area contributed by atoms with Crippen LogP contribution in [0.25, 0.3) is 21.8 Å². The zero-order valence-corrected chi connectivity index (χ0v) is 62.0. The molecule has 4 aliphatic rings. The summed E-state index contributed by atoms with van der Waals surface area (Å²) in [5.41, 5.74) is 7.43. The van der Waals surface area contributed by atoms with Crippen LogP contribution in [0.1, 0.15) is 59.9 Å². The average Bonchev–Trinajstić information content (AvgIpc) is 1.58. The third-order valence-corrected chi connectivity index (χ3v) is 25.0. The molecule has 8 heterocycles. The SMILES string of the molecule is Cc1nsc(NS(=O)(=O)c2ccc(N3CCN(C(=O)C(C)n4ccc5c(Cl)cccc54)CC3)cc2)n1.O=C(Cn1ccc2ccc(Cl)cc21)N1CCC(c2ccc(S(=O)(=O)Nc3ncns3)cc2)CC1.O=C(NC1Cc2ccccc2C1)N1CCN(c2ccc(S(=O)(=O)Nc3ccncn3)cc2)CC1.[HH].[HH].[HH].[HH]. The normalized spacial score (nSPS) is 15.5. The van der Waals surface area contributed by atoms with E-state index in [0.717, 1.165) is 87.5 Å². The van der Waals surface area contributed by atoms with Crippen molar-refractivity contribution in [3.63, 3.8) is 0 Å². The number of piperidine rings is 1. The van der Waals surface area contributed by atoms with E-state index in [2.05, 4.69) is 70.1 Å². The Balaban J connectivity index is 0.000000184. The lowest BCUT2D eigenvalue weighted by Crippen LogP contribution is -2.53. The maximum absolute atomic E-state index is 13.2. The third kappa shape index (κ3) is 17.2. The Morgan fingerprint density at radius 3 is 1.79 bits per heavy atom. The number of nitrogens with one attached hydrogen (secondary N) is 4. The number of hydrogen-bond acceptors (Lipinski definition) is 19. The van der Waals surface area contributed by atoms with Crippen LogP contribution in [0.5, 0.6) is 0 Å². The van der Waals surface area contributed by atoms with Crippen LogP contribution in [0.3, 0.4) is 0 Å². The summed E-state index contributed by atoms with van der Waals surface area (Å²) < 4.78 is 94.5. The van der Waals surface area contributed by atoms with Gasteiger partial charge < -0.3 is 39.0 Å². The molecule has 0 spiro atoms. The van der Waals surface area contributed by atoms with Crippen LogP contribution >= 0.6 is 46.3 Å². The predicted molar refractivity (Wildman–Crippen MR) is 413 cm³/mol. The lowest BCUT2D eigenvalue weighted by molar-refractivity contribution is -0.134. The second-order valence-electron chi connectivity index (χ2n) is 25.3. The molecule has 6 aromatic carbocycles. The Hall–Kier alpha value is -9.76. The van der Waals surface area contributed by atoms with Crippen molar-refractivity contribution in [1.82, 2.24) is 57.8 Å². The molecular weight excluding hydrogens is 1470 g/mol. The topological polar surface area (TPSA) is 305 Å². The van der Waals surface area contributed by atoms with Gasteiger partial charge in [-0.1, -0.05) is 71.7 Å². The van der Waals surface area contributed by atoms with Gasteiger partial charge in [0.1, 0.15) is 36.9 Å². The number of sulfonamides is 3. The van der Waals surface area contributed by atoms with Crippen molar-refractivity contribution in [3.05, 3.63) is 215 Å². The minimum atomic E-state index is -3.74. The van der Waals surface area contributed by atoms with E-state index in [1.54, 1.807) is 67.6 Å². The lowest BCUT2D eigenvalue weighted by atomic mass is 9.89. The number of anilines is 5. The molecule has 1 atom stereocenters. The van der Waals surface area contributed by atoms with Gasteiger partial charge in [0.2, 0.25) is 22.1 Å². The Kier molecular flexibility index (Phi) is 22.1. The van der Waals surface area contributed by atoms with E-state index in [9.17, 15) is 39.6 Å². The highest BCUT2D eigenvalue weighted by Crippen LogP contribution is 2.33. The standard InChI is InChI=1S/C24H25ClN6O3S2.C24H26N6O3S.C23H22ClN5O3S2.4H2/c1-16(31-11-10-20-21(25)4-3-5-22(20)31)23(32)30-14-12-29(13-15-30)18-6-8-19(9-7-18)36(33,34)28-24-26-17(2)27-35-24;31-24(27-20-15-18-3-1-2-4-19(18)16-20)30-13-11-29(12-14-30)21-5-7-22(8-6-21)34(32,33)28-23-9-10-25-17-26-23;24-19-4-1-18-9-12-29(21(18)13-19)14-22(30)28-10-7-17(8-11-28)16-2-5-20(6-3-16)34(31,32)27-23-25-15-26-33-23;;;;/h3-11,16H,12-15H2,1-2H3,(H,26,27,28);1-10,17,20H,11-16H2,(H,27,31)(H,25,26,28);1-6,9,12-13,15,17H,7-8,10-11,14H2,(H,25,26,27);4*1H. The number of likely N-dealkylation sites (tertiary alicyclic amines) is 1. The third-order valence-electron chi connectivity index (χ3n) is 18.7. The fourth-order valence-electron chi connectivity index (χ4n) is 13.2. The first-order chi connectivity index (χ1) is 50.1. The van der Waals surface area contributed by atoms with Crippen molar-refractivity contribution in [2.24, 2.45) is 0 Å². The number of hydrogen-bond donors (Lipinski definition) is 4. The molecule has 3 saturated heterocycles. The van der Waals surface area contributed by atoms with E-state index < -0.39 is 30.1 Å². The number of urea groups is 1. The van der Waals surface area contributed by atoms with Crippen molar-refractivity contribution in [2.75, 3.05) is 89.4 Å². The molecule has 0 bridgehead atoms. The number of aryl methyl sites for hydroxylation is 1. The van der Waals surface area contributed by atoms with Crippen LogP contribution in [0.15, 0.2) is 198 Å². The lowest BCUT2D eigenvalue weighted by Gasteiger charge is -2.37. The molecule has 1 unspecified atom stereocenters. The van der Waals surface area contributed by atoms with Crippen molar-refractivity contribution in [3.8, 4) is 0 Å².